The maximum atomic E-state index is 3.81. The third-order valence-electron chi connectivity index (χ3n) is 5.17. The predicted octanol–water partition coefficient (Wildman–Crippen LogP) is 3.99. The van der Waals surface area contributed by atoms with Crippen molar-refractivity contribution in [3.8, 4) is 0 Å². The number of nitrogens with one attached hydrogen (secondary N) is 1. The molecule has 1 aliphatic heterocycles. The summed E-state index contributed by atoms with van der Waals surface area (Å²) in [4.78, 5) is 2.83. The Labute approximate surface area is 129 Å². The Hall–Kier alpha value is -0.860. The summed E-state index contributed by atoms with van der Waals surface area (Å²) in [5, 5.41) is 3.81. The summed E-state index contributed by atoms with van der Waals surface area (Å²) in [5.41, 5.74) is 1.49. The summed E-state index contributed by atoms with van der Waals surface area (Å²) in [7, 11) is 0. The molecule has 1 aromatic carbocycles. The van der Waals surface area contributed by atoms with Crippen LogP contribution in [0.4, 0.5) is 0 Å². The van der Waals surface area contributed by atoms with E-state index in [2.05, 4.69) is 54.4 Å². The normalized spacial score (nSPS) is 28.3. The minimum atomic E-state index is 0.567. The van der Waals surface area contributed by atoms with Crippen LogP contribution in [0.15, 0.2) is 30.3 Å². The second-order valence-electron chi connectivity index (χ2n) is 7.30. The fourth-order valence-corrected chi connectivity index (χ4v) is 4.19. The zero-order valence-corrected chi connectivity index (χ0v) is 13.6. The molecule has 0 spiro atoms. The van der Waals surface area contributed by atoms with Gasteiger partial charge in [-0.25, -0.2) is 0 Å². The molecular formula is C19H30N2. The number of benzene rings is 1. The van der Waals surface area contributed by atoms with E-state index in [1.807, 2.05) is 0 Å². The highest BCUT2D eigenvalue weighted by Gasteiger charge is 2.34. The molecule has 0 aromatic heterocycles. The number of piperazine rings is 1. The van der Waals surface area contributed by atoms with Crippen LogP contribution in [0.2, 0.25) is 0 Å². The SMILES string of the molecule is CC(C)CC1CN(C2CCCC2)C(c2ccccc2)CN1. The first-order valence-electron chi connectivity index (χ1n) is 8.78. The van der Waals surface area contributed by atoms with Gasteiger partial charge >= 0.3 is 0 Å². The van der Waals surface area contributed by atoms with E-state index in [0.717, 1.165) is 18.5 Å². The van der Waals surface area contributed by atoms with Gasteiger partial charge in [-0.05, 0) is 30.7 Å². The predicted molar refractivity (Wildman–Crippen MR) is 89.4 cm³/mol. The van der Waals surface area contributed by atoms with Gasteiger partial charge in [0.25, 0.3) is 0 Å². The molecule has 3 rings (SSSR count). The number of rotatable bonds is 4. The second-order valence-corrected chi connectivity index (χ2v) is 7.30. The van der Waals surface area contributed by atoms with Crippen molar-refractivity contribution in [2.24, 2.45) is 5.92 Å². The Morgan fingerprint density at radius 1 is 1.14 bits per heavy atom. The fraction of sp³-hybridized carbons (Fsp3) is 0.684. The van der Waals surface area contributed by atoms with Gasteiger partial charge in [0.05, 0.1) is 0 Å². The Morgan fingerprint density at radius 3 is 2.52 bits per heavy atom. The zero-order valence-electron chi connectivity index (χ0n) is 13.6. The van der Waals surface area contributed by atoms with Crippen LogP contribution in [-0.4, -0.2) is 30.1 Å². The highest BCUT2D eigenvalue weighted by Crippen LogP contribution is 2.33. The average molecular weight is 286 g/mol. The topological polar surface area (TPSA) is 15.3 Å². The summed E-state index contributed by atoms with van der Waals surface area (Å²) in [6, 6.07) is 13.1. The lowest BCUT2D eigenvalue weighted by Crippen LogP contribution is -2.55. The van der Waals surface area contributed by atoms with Crippen molar-refractivity contribution >= 4 is 0 Å². The van der Waals surface area contributed by atoms with Crippen LogP contribution in [0.1, 0.15) is 57.6 Å². The van der Waals surface area contributed by atoms with Crippen LogP contribution in [0.3, 0.4) is 0 Å². The average Bonchev–Trinajstić information content (AvgIpc) is 3.01. The van der Waals surface area contributed by atoms with Crippen molar-refractivity contribution < 1.29 is 0 Å². The Balaban J connectivity index is 1.75. The van der Waals surface area contributed by atoms with E-state index in [-0.39, 0.29) is 0 Å². The van der Waals surface area contributed by atoms with Crippen LogP contribution in [0.25, 0.3) is 0 Å². The highest BCUT2D eigenvalue weighted by molar-refractivity contribution is 5.20. The molecule has 2 atom stereocenters. The number of hydrogen-bond donors (Lipinski definition) is 1. The lowest BCUT2D eigenvalue weighted by atomic mass is 9.94. The van der Waals surface area contributed by atoms with E-state index in [1.54, 1.807) is 0 Å². The van der Waals surface area contributed by atoms with E-state index in [9.17, 15) is 0 Å². The maximum absolute atomic E-state index is 3.81. The third kappa shape index (κ3) is 3.67. The highest BCUT2D eigenvalue weighted by atomic mass is 15.3. The van der Waals surface area contributed by atoms with Gasteiger partial charge in [0.15, 0.2) is 0 Å². The second kappa shape index (κ2) is 6.93. The van der Waals surface area contributed by atoms with Crippen molar-refractivity contribution in [1.82, 2.24) is 10.2 Å². The molecule has 2 nitrogen and oxygen atoms in total. The Bertz CT molecular complexity index is 422. The molecule has 0 bridgehead atoms. The molecule has 2 aliphatic rings. The van der Waals surface area contributed by atoms with Crippen LogP contribution in [-0.2, 0) is 0 Å². The Kier molecular flexibility index (Phi) is 4.97. The molecule has 21 heavy (non-hydrogen) atoms. The van der Waals surface area contributed by atoms with Gasteiger partial charge in [-0.1, -0.05) is 57.0 Å². The van der Waals surface area contributed by atoms with Gasteiger partial charge in [-0.15, -0.1) is 0 Å². The van der Waals surface area contributed by atoms with E-state index < -0.39 is 0 Å². The molecule has 2 fully saturated rings. The summed E-state index contributed by atoms with van der Waals surface area (Å²) in [6.45, 7) is 7.01. The van der Waals surface area contributed by atoms with E-state index in [0.29, 0.717) is 12.1 Å². The molecule has 1 saturated heterocycles. The van der Waals surface area contributed by atoms with Gasteiger partial charge in [0.1, 0.15) is 0 Å². The van der Waals surface area contributed by atoms with Gasteiger partial charge in [0, 0.05) is 31.2 Å². The first-order chi connectivity index (χ1) is 10.2. The van der Waals surface area contributed by atoms with Gasteiger partial charge < -0.3 is 5.32 Å². The smallest absolute Gasteiger partial charge is 0.0476 e. The van der Waals surface area contributed by atoms with Crippen LogP contribution in [0, 0.1) is 5.92 Å². The molecule has 1 aromatic rings. The fourth-order valence-electron chi connectivity index (χ4n) is 4.19. The minimum Gasteiger partial charge on any atom is -0.311 e. The molecule has 2 unspecified atom stereocenters. The van der Waals surface area contributed by atoms with Crippen molar-refractivity contribution in [3.63, 3.8) is 0 Å². The summed E-state index contributed by atoms with van der Waals surface area (Å²) >= 11 is 0. The van der Waals surface area contributed by atoms with Crippen molar-refractivity contribution in [3.05, 3.63) is 35.9 Å². The van der Waals surface area contributed by atoms with Gasteiger partial charge in [-0.2, -0.15) is 0 Å². The number of hydrogen-bond acceptors (Lipinski definition) is 2. The lowest BCUT2D eigenvalue weighted by molar-refractivity contribution is 0.0774. The van der Waals surface area contributed by atoms with E-state index in [4.69, 9.17) is 0 Å². The van der Waals surface area contributed by atoms with Crippen molar-refractivity contribution in [2.75, 3.05) is 13.1 Å². The van der Waals surface area contributed by atoms with Crippen LogP contribution < -0.4 is 5.32 Å². The van der Waals surface area contributed by atoms with E-state index in [1.165, 1.54) is 44.2 Å². The van der Waals surface area contributed by atoms with Crippen molar-refractivity contribution in [2.45, 2.75) is 64.1 Å². The summed E-state index contributed by atoms with van der Waals surface area (Å²) in [5.74, 6) is 0.779. The lowest BCUT2D eigenvalue weighted by Gasteiger charge is -2.44. The first kappa shape index (κ1) is 15.1. The molecule has 0 radical (unpaired) electrons. The molecule has 1 aliphatic carbocycles. The van der Waals surface area contributed by atoms with Gasteiger partial charge in [0.2, 0.25) is 0 Å². The molecule has 1 saturated carbocycles. The van der Waals surface area contributed by atoms with Crippen molar-refractivity contribution in [1.29, 1.82) is 0 Å². The summed E-state index contributed by atoms with van der Waals surface area (Å²) < 4.78 is 0. The quantitative estimate of drug-likeness (QED) is 0.900. The molecule has 0 amide bonds. The monoisotopic (exact) mass is 286 g/mol. The molecule has 1 N–H and O–H groups in total. The molecule has 116 valence electrons. The third-order valence-corrected chi connectivity index (χ3v) is 5.17. The van der Waals surface area contributed by atoms with Gasteiger partial charge in [-0.3, -0.25) is 4.90 Å². The number of nitrogens with zero attached hydrogens (tertiary/aromatic N) is 1. The largest absolute Gasteiger partial charge is 0.311 e. The maximum Gasteiger partial charge on any atom is 0.0476 e. The Morgan fingerprint density at radius 2 is 1.86 bits per heavy atom. The molecule has 1 heterocycles. The molecular weight excluding hydrogens is 256 g/mol. The first-order valence-corrected chi connectivity index (χ1v) is 8.78. The van der Waals surface area contributed by atoms with E-state index >= 15 is 0 Å². The molecule has 2 heteroatoms. The van der Waals surface area contributed by atoms with Crippen LogP contribution >= 0.6 is 0 Å². The summed E-state index contributed by atoms with van der Waals surface area (Å²) in [6.07, 6.45) is 6.94. The zero-order chi connectivity index (χ0) is 14.7. The standard InChI is InChI=1S/C19H30N2/c1-15(2)12-17-14-21(18-10-6-7-11-18)19(13-20-17)16-8-4-3-5-9-16/h3-5,8-9,15,17-20H,6-7,10-14H2,1-2H3. The minimum absolute atomic E-state index is 0.567. The van der Waals surface area contributed by atoms with Crippen LogP contribution in [0.5, 0.6) is 0 Å².